The van der Waals surface area contributed by atoms with Crippen LogP contribution in [0.1, 0.15) is 22.3 Å². The normalized spacial score (nSPS) is 11.5. The van der Waals surface area contributed by atoms with Crippen molar-refractivity contribution in [2.24, 2.45) is 16.5 Å². The van der Waals surface area contributed by atoms with Gasteiger partial charge in [-0.15, -0.1) is 0 Å². The number of aliphatic imine (C=N–C) groups is 1. The molecule has 0 saturated heterocycles. The van der Waals surface area contributed by atoms with Gasteiger partial charge in [0.15, 0.2) is 15.8 Å². The van der Waals surface area contributed by atoms with Crippen LogP contribution in [0.5, 0.6) is 0 Å². The second kappa shape index (κ2) is 6.40. The number of carbonyl (C=O) groups excluding carboxylic acids is 1. The summed E-state index contributed by atoms with van der Waals surface area (Å²) in [4.78, 5) is 14.9. The fourth-order valence-corrected chi connectivity index (χ4v) is 3.00. The molecular weight excluding hydrogens is 342 g/mol. The van der Waals surface area contributed by atoms with Crippen LogP contribution in [-0.2, 0) is 9.84 Å². The molecule has 7 nitrogen and oxygen atoms in total. The van der Waals surface area contributed by atoms with Crippen molar-refractivity contribution in [2.45, 2.75) is 11.3 Å². The summed E-state index contributed by atoms with van der Waals surface area (Å²) in [6.07, 6.45) is 0.876. The highest BCUT2D eigenvalue weighted by Crippen LogP contribution is 2.31. The molecule has 24 heavy (non-hydrogen) atoms. The summed E-state index contributed by atoms with van der Waals surface area (Å²) in [5, 5.41) is 0. The number of rotatable bonds is 4. The van der Waals surface area contributed by atoms with Crippen molar-refractivity contribution in [1.29, 1.82) is 0 Å². The monoisotopic (exact) mass is 356 g/mol. The zero-order valence-electron chi connectivity index (χ0n) is 12.5. The van der Waals surface area contributed by atoms with Gasteiger partial charge in [0, 0.05) is 24.2 Å². The van der Waals surface area contributed by atoms with Crippen LogP contribution in [-0.4, -0.2) is 31.1 Å². The predicted molar refractivity (Wildman–Crippen MR) is 84.0 cm³/mol. The zero-order valence-corrected chi connectivity index (χ0v) is 13.3. The van der Waals surface area contributed by atoms with E-state index in [2.05, 4.69) is 4.99 Å². The smallest absolute Gasteiger partial charge is 0.280 e. The molecule has 2 rings (SSSR count). The lowest BCUT2D eigenvalue weighted by Gasteiger charge is -2.14. The maximum atomic E-state index is 13.4. The van der Waals surface area contributed by atoms with E-state index in [-0.39, 0.29) is 10.6 Å². The predicted octanol–water partition coefficient (Wildman–Crippen LogP) is 1.23. The van der Waals surface area contributed by atoms with Crippen LogP contribution >= 0.6 is 0 Å². The van der Waals surface area contributed by atoms with Crippen molar-refractivity contribution < 1.29 is 22.0 Å². The molecule has 4 N–H and O–H groups in total. The molecule has 0 aliphatic heterocycles. The van der Waals surface area contributed by atoms with Crippen LogP contribution in [0.15, 0.2) is 46.5 Å². The zero-order chi connectivity index (χ0) is 18.1. The molecule has 1 aromatic heterocycles. The first-order valence-corrected chi connectivity index (χ1v) is 8.44. The SMILES string of the molecule is CS(=O)(=O)c1cc(C(=O)N=C(N)N)c(C(F)F)cc1-n1cccc1. The Labute approximate surface area is 136 Å². The van der Waals surface area contributed by atoms with Crippen molar-refractivity contribution in [1.82, 2.24) is 4.57 Å². The van der Waals surface area contributed by atoms with Gasteiger partial charge in [-0.25, -0.2) is 17.2 Å². The third kappa shape index (κ3) is 3.59. The number of alkyl halides is 2. The van der Waals surface area contributed by atoms with Crippen LogP contribution in [0.3, 0.4) is 0 Å². The highest BCUT2D eigenvalue weighted by molar-refractivity contribution is 7.90. The third-order valence-electron chi connectivity index (χ3n) is 3.11. The summed E-state index contributed by atoms with van der Waals surface area (Å²) < 4.78 is 52.1. The van der Waals surface area contributed by atoms with Gasteiger partial charge in [-0.2, -0.15) is 4.99 Å². The summed E-state index contributed by atoms with van der Waals surface area (Å²) in [6.45, 7) is 0. The largest absolute Gasteiger partial charge is 0.370 e. The Balaban J connectivity index is 2.83. The number of nitrogens with two attached hydrogens (primary N) is 2. The molecule has 0 unspecified atom stereocenters. The van der Waals surface area contributed by atoms with E-state index in [4.69, 9.17) is 11.5 Å². The van der Waals surface area contributed by atoms with Gasteiger partial charge < -0.3 is 16.0 Å². The highest BCUT2D eigenvalue weighted by atomic mass is 32.2. The lowest BCUT2D eigenvalue weighted by molar-refractivity contribution is 0.0988. The average molecular weight is 356 g/mol. The minimum atomic E-state index is -3.82. The van der Waals surface area contributed by atoms with Gasteiger partial charge in [-0.1, -0.05) is 0 Å². The van der Waals surface area contributed by atoms with Gasteiger partial charge in [-0.3, -0.25) is 4.79 Å². The Morgan fingerprint density at radius 1 is 1.21 bits per heavy atom. The van der Waals surface area contributed by atoms with E-state index in [1.54, 1.807) is 12.1 Å². The molecule has 2 aromatic rings. The van der Waals surface area contributed by atoms with E-state index in [1.165, 1.54) is 17.0 Å². The van der Waals surface area contributed by atoms with Crippen LogP contribution in [0.25, 0.3) is 5.69 Å². The minimum absolute atomic E-state index is 0.000880. The summed E-state index contributed by atoms with van der Waals surface area (Å²) in [5.41, 5.74) is 8.93. The molecular formula is C14H14F2N4O3S. The second-order valence-electron chi connectivity index (χ2n) is 4.91. The van der Waals surface area contributed by atoms with Crippen molar-refractivity contribution >= 4 is 21.7 Å². The maximum absolute atomic E-state index is 13.4. The van der Waals surface area contributed by atoms with E-state index in [1.807, 2.05) is 0 Å². The number of hydrogen-bond donors (Lipinski definition) is 2. The van der Waals surface area contributed by atoms with Gasteiger partial charge in [0.05, 0.1) is 16.1 Å². The molecule has 0 spiro atoms. The standard InChI is InChI=1S/C14H14F2N4O3S/c1-24(22,23)11-7-9(13(21)19-14(17)18)8(12(15)16)6-10(11)20-4-2-3-5-20/h2-7,12H,1H3,(H4,17,18,19,21). The van der Waals surface area contributed by atoms with Crippen LogP contribution in [0.4, 0.5) is 8.78 Å². The Bertz CT molecular complexity index is 902. The van der Waals surface area contributed by atoms with Crippen LogP contribution in [0.2, 0.25) is 0 Å². The molecule has 0 atom stereocenters. The first kappa shape index (κ1) is 17.6. The maximum Gasteiger partial charge on any atom is 0.280 e. The van der Waals surface area contributed by atoms with Gasteiger partial charge in [0.2, 0.25) is 0 Å². The number of sulfone groups is 1. The number of amides is 1. The van der Waals surface area contributed by atoms with Crippen molar-refractivity contribution in [2.75, 3.05) is 6.26 Å². The first-order valence-electron chi connectivity index (χ1n) is 6.54. The summed E-state index contributed by atoms with van der Waals surface area (Å²) in [5.74, 6) is -1.76. The van der Waals surface area contributed by atoms with Crippen molar-refractivity contribution in [3.05, 3.63) is 47.8 Å². The fourth-order valence-electron chi connectivity index (χ4n) is 2.12. The number of guanidine groups is 1. The van der Waals surface area contributed by atoms with Gasteiger partial charge >= 0.3 is 0 Å². The number of halogens is 2. The van der Waals surface area contributed by atoms with E-state index in [0.717, 1.165) is 18.4 Å². The molecule has 1 aromatic carbocycles. The molecule has 10 heteroatoms. The van der Waals surface area contributed by atoms with E-state index in [0.29, 0.717) is 0 Å². The van der Waals surface area contributed by atoms with Gasteiger partial charge in [-0.05, 0) is 24.3 Å². The van der Waals surface area contributed by atoms with E-state index in [9.17, 15) is 22.0 Å². The molecule has 0 saturated carbocycles. The number of aromatic nitrogens is 1. The number of benzene rings is 1. The lowest BCUT2D eigenvalue weighted by atomic mass is 10.1. The van der Waals surface area contributed by atoms with Gasteiger partial charge in [0.25, 0.3) is 12.3 Å². The molecule has 0 bridgehead atoms. The molecule has 1 amide bonds. The van der Waals surface area contributed by atoms with Crippen molar-refractivity contribution in [3.8, 4) is 5.69 Å². The third-order valence-corrected chi connectivity index (χ3v) is 4.24. The molecule has 0 fully saturated rings. The highest BCUT2D eigenvalue weighted by Gasteiger charge is 2.25. The Morgan fingerprint density at radius 2 is 1.79 bits per heavy atom. The summed E-state index contributed by atoms with van der Waals surface area (Å²) in [7, 11) is -3.82. The molecule has 0 radical (unpaired) electrons. The first-order chi connectivity index (χ1) is 11.1. The number of nitrogens with zero attached hydrogens (tertiary/aromatic N) is 2. The summed E-state index contributed by atoms with van der Waals surface area (Å²) >= 11 is 0. The lowest BCUT2D eigenvalue weighted by Crippen LogP contribution is -2.24. The van der Waals surface area contributed by atoms with E-state index < -0.39 is 39.3 Å². The van der Waals surface area contributed by atoms with Crippen LogP contribution < -0.4 is 11.5 Å². The molecule has 1 heterocycles. The number of hydrogen-bond acceptors (Lipinski definition) is 3. The minimum Gasteiger partial charge on any atom is -0.370 e. The van der Waals surface area contributed by atoms with Crippen molar-refractivity contribution in [3.63, 3.8) is 0 Å². The average Bonchev–Trinajstić information content (AvgIpc) is 2.98. The topological polar surface area (TPSA) is 121 Å². The number of carbonyl (C=O) groups is 1. The Morgan fingerprint density at radius 3 is 2.25 bits per heavy atom. The second-order valence-corrected chi connectivity index (χ2v) is 6.90. The Kier molecular flexibility index (Phi) is 4.69. The fraction of sp³-hybridized carbons (Fsp3) is 0.143. The quantitative estimate of drug-likeness (QED) is 0.630. The summed E-state index contributed by atoms with van der Waals surface area (Å²) in [6, 6.07) is 5.01. The van der Waals surface area contributed by atoms with Gasteiger partial charge in [0.1, 0.15) is 0 Å². The van der Waals surface area contributed by atoms with Crippen LogP contribution in [0, 0.1) is 0 Å². The molecule has 0 aliphatic carbocycles. The van der Waals surface area contributed by atoms with E-state index >= 15 is 0 Å². The molecule has 0 aliphatic rings. The Hall–Kier alpha value is -2.75. The molecule has 128 valence electrons.